The predicted molar refractivity (Wildman–Crippen MR) is 108 cm³/mol. The van der Waals surface area contributed by atoms with Crippen molar-refractivity contribution in [1.29, 1.82) is 0 Å². The summed E-state index contributed by atoms with van der Waals surface area (Å²) >= 11 is 0. The summed E-state index contributed by atoms with van der Waals surface area (Å²) in [5, 5.41) is 11.6. The van der Waals surface area contributed by atoms with Crippen LogP contribution in [0.1, 0.15) is 32.3 Å². The highest BCUT2D eigenvalue weighted by Crippen LogP contribution is 2.16. The number of nitrogens with one attached hydrogen (secondary N) is 3. The van der Waals surface area contributed by atoms with Crippen LogP contribution in [0.2, 0.25) is 0 Å². The minimum atomic E-state index is -0.507. The quantitative estimate of drug-likeness (QED) is 0.734. The molecule has 0 saturated carbocycles. The fraction of sp³-hybridized carbons (Fsp3) is 0.455. The van der Waals surface area contributed by atoms with E-state index in [0.717, 1.165) is 42.3 Å². The molecular weight excluding hydrogens is 338 g/mol. The van der Waals surface area contributed by atoms with Crippen LogP contribution in [0.5, 0.6) is 0 Å². The minimum absolute atomic E-state index is 0.0345. The molecule has 0 radical (unpaired) electrons. The van der Waals surface area contributed by atoms with Crippen LogP contribution in [0.4, 0.5) is 0 Å². The highest BCUT2D eigenvalue weighted by atomic mass is 16.2. The molecule has 0 aromatic heterocycles. The molecule has 2 aromatic rings. The van der Waals surface area contributed by atoms with E-state index in [2.05, 4.69) is 22.0 Å². The van der Waals surface area contributed by atoms with Crippen molar-refractivity contribution in [2.24, 2.45) is 5.92 Å². The molecule has 0 bridgehead atoms. The lowest BCUT2D eigenvalue weighted by atomic mass is 10.00. The zero-order chi connectivity index (χ0) is 19.2. The first-order valence-corrected chi connectivity index (χ1v) is 9.81. The standard InChI is InChI=1S/C22H29N3O2/c1-15(2)21(22(27)24-19-9-11-23-12-10-19)25-20(26)14-16-7-8-17-5-3-4-6-18(17)13-16/h3-8,13,15,19,21,23H,9-12,14H2,1-2H3,(H,24,27)(H,25,26). The Morgan fingerprint density at radius 1 is 1.07 bits per heavy atom. The van der Waals surface area contributed by atoms with Gasteiger partial charge in [-0.25, -0.2) is 0 Å². The number of rotatable bonds is 6. The van der Waals surface area contributed by atoms with Crippen molar-refractivity contribution in [1.82, 2.24) is 16.0 Å². The van der Waals surface area contributed by atoms with Gasteiger partial charge < -0.3 is 16.0 Å². The molecule has 1 aliphatic rings. The number of piperidine rings is 1. The van der Waals surface area contributed by atoms with Gasteiger partial charge in [-0.2, -0.15) is 0 Å². The number of carbonyl (C=O) groups is 2. The van der Waals surface area contributed by atoms with Crippen LogP contribution in [-0.4, -0.2) is 37.0 Å². The van der Waals surface area contributed by atoms with E-state index in [1.807, 2.05) is 50.2 Å². The van der Waals surface area contributed by atoms with E-state index in [0.29, 0.717) is 0 Å². The topological polar surface area (TPSA) is 70.2 Å². The first-order chi connectivity index (χ1) is 13.0. The second-order valence-corrected chi connectivity index (χ2v) is 7.68. The number of carbonyl (C=O) groups excluding carboxylic acids is 2. The van der Waals surface area contributed by atoms with Crippen LogP contribution in [0.25, 0.3) is 10.8 Å². The second-order valence-electron chi connectivity index (χ2n) is 7.68. The van der Waals surface area contributed by atoms with E-state index in [4.69, 9.17) is 0 Å². The molecular formula is C22H29N3O2. The maximum Gasteiger partial charge on any atom is 0.243 e. The van der Waals surface area contributed by atoms with Gasteiger partial charge in [0, 0.05) is 6.04 Å². The van der Waals surface area contributed by atoms with Crippen LogP contribution in [0.15, 0.2) is 42.5 Å². The molecule has 3 N–H and O–H groups in total. The maximum absolute atomic E-state index is 12.7. The summed E-state index contributed by atoms with van der Waals surface area (Å²) < 4.78 is 0. The molecule has 1 unspecified atom stereocenters. The summed E-state index contributed by atoms with van der Waals surface area (Å²) in [6.07, 6.45) is 2.14. The number of fused-ring (bicyclic) bond motifs is 1. The van der Waals surface area contributed by atoms with Crippen molar-refractivity contribution >= 4 is 22.6 Å². The molecule has 5 nitrogen and oxygen atoms in total. The predicted octanol–water partition coefficient (Wildman–Crippen LogP) is 2.39. The van der Waals surface area contributed by atoms with E-state index >= 15 is 0 Å². The van der Waals surface area contributed by atoms with Crippen LogP contribution in [0.3, 0.4) is 0 Å². The molecule has 1 atom stereocenters. The fourth-order valence-corrected chi connectivity index (χ4v) is 3.55. The number of hydrogen-bond donors (Lipinski definition) is 3. The van der Waals surface area contributed by atoms with Gasteiger partial charge in [0.1, 0.15) is 6.04 Å². The average Bonchev–Trinajstić information content (AvgIpc) is 2.66. The van der Waals surface area contributed by atoms with Crippen molar-refractivity contribution in [2.45, 2.75) is 45.2 Å². The summed E-state index contributed by atoms with van der Waals surface area (Å²) in [6.45, 7) is 5.77. The van der Waals surface area contributed by atoms with Crippen molar-refractivity contribution in [2.75, 3.05) is 13.1 Å². The molecule has 27 heavy (non-hydrogen) atoms. The van der Waals surface area contributed by atoms with Gasteiger partial charge in [0.05, 0.1) is 6.42 Å². The Balaban J connectivity index is 1.60. The third kappa shape index (κ3) is 5.30. The van der Waals surface area contributed by atoms with Crippen LogP contribution < -0.4 is 16.0 Å². The van der Waals surface area contributed by atoms with Crippen LogP contribution >= 0.6 is 0 Å². The Morgan fingerprint density at radius 2 is 1.78 bits per heavy atom. The number of benzene rings is 2. The van der Waals surface area contributed by atoms with E-state index in [9.17, 15) is 9.59 Å². The molecule has 3 rings (SSSR count). The molecule has 2 aromatic carbocycles. The van der Waals surface area contributed by atoms with E-state index in [1.165, 1.54) is 0 Å². The lowest BCUT2D eigenvalue weighted by Gasteiger charge is -2.28. The smallest absolute Gasteiger partial charge is 0.243 e. The zero-order valence-corrected chi connectivity index (χ0v) is 16.1. The lowest BCUT2D eigenvalue weighted by molar-refractivity contribution is -0.130. The van der Waals surface area contributed by atoms with E-state index in [-0.39, 0.29) is 30.2 Å². The number of hydrogen-bond acceptors (Lipinski definition) is 3. The van der Waals surface area contributed by atoms with Crippen molar-refractivity contribution in [3.63, 3.8) is 0 Å². The van der Waals surface area contributed by atoms with Gasteiger partial charge in [0.2, 0.25) is 11.8 Å². The Kier molecular flexibility index (Phi) is 6.45. The third-order valence-corrected chi connectivity index (χ3v) is 5.13. The van der Waals surface area contributed by atoms with E-state index < -0.39 is 6.04 Å². The summed E-state index contributed by atoms with van der Waals surface area (Å²) in [4.78, 5) is 25.2. The molecule has 5 heteroatoms. The summed E-state index contributed by atoms with van der Waals surface area (Å²) in [7, 11) is 0. The average molecular weight is 367 g/mol. The molecule has 0 aliphatic carbocycles. The third-order valence-electron chi connectivity index (χ3n) is 5.13. The molecule has 2 amide bonds. The second kappa shape index (κ2) is 9.00. The van der Waals surface area contributed by atoms with Crippen LogP contribution in [-0.2, 0) is 16.0 Å². The Hall–Kier alpha value is -2.40. The highest BCUT2D eigenvalue weighted by molar-refractivity contribution is 5.89. The van der Waals surface area contributed by atoms with Gasteiger partial charge in [-0.05, 0) is 48.2 Å². The fourth-order valence-electron chi connectivity index (χ4n) is 3.55. The van der Waals surface area contributed by atoms with Crippen LogP contribution in [0, 0.1) is 5.92 Å². The SMILES string of the molecule is CC(C)C(NC(=O)Cc1ccc2ccccc2c1)C(=O)NC1CCNCC1. The first-order valence-electron chi connectivity index (χ1n) is 9.81. The van der Waals surface area contributed by atoms with Gasteiger partial charge in [-0.1, -0.05) is 56.3 Å². The molecule has 144 valence electrons. The van der Waals surface area contributed by atoms with Gasteiger partial charge >= 0.3 is 0 Å². The Morgan fingerprint density at radius 3 is 2.48 bits per heavy atom. The molecule has 0 spiro atoms. The monoisotopic (exact) mass is 367 g/mol. The van der Waals surface area contributed by atoms with Gasteiger partial charge in [-0.15, -0.1) is 0 Å². The first kappa shape index (κ1) is 19.4. The molecule has 1 heterocycles. The summed E-state index contributed by atoms with van der Waals surface area (Å²) in [5.41, 5.74) is 0.951. The largest absolute Gasteiger partial charge is 0.351 e. The molecule has 1 fully saturated rings. The molecule has 1 aliphatic heterocycles. The maximum atomic E-state index is 12.7. The summed E-state index contributed by atoms with van der Waals surface area (Å²) in [5.74, 6) is -0.166. The van der Waals surface area contributed by atoms with Gasteiger partial charge in [-0.3, -0.25) is 9.59 Å². The van der Waals surface area contributed by atoms with Crippen molar-refractivity contribution < 1.29 is 9.59 Å². The highest BCUT2D eigenvalue weighted by Gasteiger charge is 2.26. The normalized spacial score (nSPS) is 16.3. The zero-order valence-electron chi connectivity index (χ0n) is 16.1. The van der Waals surface area contributed by atoms with Crippen molar-refractivity contribution in [3.8, 4) is 0 Å². The van der Waals surface area contributed by atoms with E-state index in [1.54, 1.807) is 0 Å². The van der Waals surface area contributed by atoms with Crippen molar-refractivity contribution in [3.05, 3.63) is 48.0 Å². The van der Waals surface area contributed by atoms with Gasteiger partial charge in [0.25, 0.3) is 0 Å². The lowest BCUT2D eigenvalue weighted by Crippen LogP contribution is -2.53. The summed E-state index contributed by atoms with van der Waals surface area (Å²) in [6, 6.07) is 13.8. The Bertz CT molecular complexity index is 797. The number of amides is 2. The minimum Gasteiger partial charge on any atom is -0.351 e. The molecule has 1 saturated heterocycles. The van der Waals surface area contributed by atoms with Gasteiger partial charge in [0.15, 0.2) is 0 Å². The Labute approximate surface area is 160 Å².